The predicted octanol–water partition coefficient (Wildman–Crippen LogP) is 3.68. The Morgan fingerprint density at radius 2 is 2.21 bits per heavy atom. The molecule has 0 amide bonds. The average Bonchev–Trinajstić information content (AvgIpc) is 2.71. The highest BCUT2D eigenvalue weighted by atomic mass is 32.1. The first-order valence-corrected chi connectivity index (χ1v) is 5.74. The van der Waals surface area contributed by atoms with Gasteiger partial charge in [0, 0.05) is 10.9 Å². The minimum atomic E-state index is 1.09. The van der Waals surface area contributed by atoms with Crippen molar-refractivity contribution >= 4 is 11.3 Å². The summed E-state index contributed by atoms with van der Waals surface area (Å²) in [6, 6.07) is 6.44. The van der Waals surface area contributed by atoms with Crippen LogP contribution >= 0.6 is 11.3 Å². The first-order valence-electron chi connectivity index (χ1n) is 4.80. The average molecular weight is 203 g/mol. The Hall–Kier alpha value is -1.15. The van der Waals surface area contributed by atoms with Gasteiger partial charge < -0.3 is 0 Å². The van der Waals surface area contributed by atoms with Crippen LogP contribution in [0.3, 0.4) is 0 Å². The second kappa shape index (κ2) is 3.93. The summed E-state index contributed by atoms with van der Waals surface area (Å²) in [5.41, 5.74) is 7.03. The largest absolute Gasteiger partial charge is 0.245 e. The highest BCUT2D eigenvalue weighted by molar-refractivity contribution is 7.07. The zero-order chi connectivity index (χ0) is 9.97. The van der Waals surface area contributed by atoms with Crippen molar-refractivity contribution in [2.75, 3.05) is 0 Å². The van der Waals surface area contributed by atoms with Crippen LogP contribution in [0.2, 0.25) is 0 Å². The summed E-state index contributed by atoms with van der Waals surface area (Å²) in [4.78, 5) is 4.34. The molecule has 2 heteroatoms. The van der Waals surface area contributed by atoms with Gasteiger partial charge in [-0.3, -0.25) is 0 Å². The summed E-state index contributed by atoms with van der Waals surface area (Å²) in [5.74, 6) is 0. The molecule has 0 fully saturated rings. The molecule has 0 aliphatic rings. The fourth-order valence-electron chi connectivity index (χ4n) is 1.69. The first-order chi connectivity index (χ1) is 6.83. The molecule has 1 heterocycles. The Morgan fingerprint density at radius 1 is 1.36 bits per heavy atom. The van der Waals surface area contributed by atoms with Crippen LogP contribution in [0.5, 0.6) is 0 Å². The van der Waals surface area contributed by atoms with Crippen LogP contribution in [0.25, 0.3) is 11.3 Å². The maximum atomic E-state index is 4.34. The number of aromatic nitrogens is 1. The van der Waals surface area contributed by atoms with Crippen LogP contribution in [0.1, 0.15) is 18.1 Å². The summed E-state index contributed by atoms with van der Waals surface area (Å²) in [6.07, 6.45) is 1.09. The van der Waals surface area contributed by atoms with Gasteiger partial charge in [-0.1, -0.05) is 25.1 Å². The van der Waals surface area contributed by atoms with Crippen LogP contribution in [0.4, 0.5) is 0 Å². The number of rotatable bonds is 2. The molecule has 0 aliphatic carbocycles. The van der Waals surface area contributed by atoms with E-state index in [-0.39, 0.29) is 0 Å². The molecule has 0 saturated carbocycles. The highest BCUT2D eigenvalue weighted by Crippen LogP contribution is 2.25. The predicted molar refractivity (Wildman–Crippen MR) is 61.7 cm³/mol. The van der Waals surface area contributed by atoms with Crippen molar-refractivity contribution in [1.82, 2.24) is 4.98 Å². The fourth-order valence-corrected chi connectivity index (χ4v) is 2.24. The van der Waals surface area contributed by atoms with Crippen molar-refractivity contribution in [3.63, 3.8) is 0 Å². The molecule has 1 aromatic heterocycles. The van der Waals surface area contributed by atoms with Crippen LogP contribution in [-0.4, -0.2) is 4.98 Å². The molecule has 0 spiro atoms. The maximum absolute atomic E-state index is 4.34. The van der Waals surface area contributed by atoms with Gasteiger partial charge in [-0.2, -0.15) is 0 Å². The van der Waals surface area contributed by atoms with E-state index in [1.54, 1.807) is 11.3 Å². The molecule has 0 saturated heterocycles. The zero-order valence-electron chi connectivity index (χ0n) is 8.45. The molecule has 14 heavy (non-hydrogen) atoms. The molecule has 1 aromatic carbocycles. The SMILES string of the molecule is CCc1cccc(-c2cscn2)c1C. The first kappa shape index (κ1) is 9.41. The van der Waals surface area contributed by atoms with E-state index in [0.717, 1.165) is 12.1 Å². The molecule has 0 aliphatic heterocycles. The summed E-state index contributed by atoms with van der Waals surface area (Å²) in [5, 5.41) is 2.10. The van der Waals surface area contributed by atoms with Gasteiger partial charge in [0.05, 0.1) is 11.2 Å². The Morgan fingerprint density at radius 3 is 2.86 bits per heavy atom. The lowest BCUT2D eigenvalue weighted by atomic mass is 9.99. The number of hydrogen-bond acceptors (Lipinski definition) is 2. The molecule has 0 unspecified atom stereocenters. The van der Waals surface area contributed by atoms with Crippen molar-refractivity contribution in [1.29, 1.82) is 0 Å². The lowest BCUT2D eigenvalue weighted by molar-refractivity contribution is 1.11. The molecular weight excluding hydrogens is 190 g/mol. The van der Waals surface area contributed by atoms with E-state index in [1.807, 2.05) is 5.51 Å². The minimum Gasteiger partial charge on any atom is -0.245 e. The van der Waals surface area contributed by atoms with E-state index in [2.05, 4.69) is 42.4 Å². The topological polar surface area (TPSA) is 12.9 Å². The van der Waals surface area contributed by atoms with Crippen molar-refractivity contribution in [3.8, 4) is 11.3 Å². The van der Waals surface area contributed by atoms with Gasteiger partial charge in [-0.05, 0) is 24.5 Å². The quantitative estimate of drug-likeness (QED) is 0.725. The molecule has 0 radical (unpaired) electrons. The van der Waals surface area contributed by atoms with Gasteiger partial charge in [0.1, 0.15) is 0 Å². The summed E-state index contributed by atoms with van der Waals surface area (Å²) in [7, 11) is 0. The van der Waals surface area contributed by atoms with E-state index in [9.17, 15) is 0 Å². The number of hydrogen-bond donors (Lipinski definition) is 0. The van der Waals surface area contributed by atoms with Crippen LogP contribution in [-0.2, 0) is 6.42 Å². The monoisotopic (exact) mass is 203 g/mol. The van der Waals surface area contributed by atoms with Crippen LogP contribution < -0.4 is 0 Å². The molecule has 2 rings (SSSR count). The number of aryl methyl sites for hydroxylation is 1. The highest BCUT2D eigenvalue weighted by Gasteiger charge is 2.05. The maximum Gasteiger partial charge on any atom is 0.0813 e. The Labute approximate surface area is 88.4 Å². The van der Waals surface area contributed by atoms with Crippen molar-refractivity contribution < 1.29 is 0 Å². The molecule has 72 valence electrons. The molecule has 1 nitrogen and oxygen atoms in total. The van der Waals surface area contributed by atoms with Crippen LogP contribution in [0.15, 0.2) is 29.1 Å². The third kappa shape index (κ3) is 1.58. The Bertz CT molecular complexity index is 418. The Balaban J connectivity index is 2.54. The molecular formula is C12H13NS. The second-order valence-electron chi connectivity index (χ2n) is 3.32. The second-order valence-corrected chi connectivity index (χ2v) is 4.04. The Kier molecular flexibility index (Phi) is 2.64. The molecule has 2 aromatic rings. The zero-order valence-corrected chi connectivity index (χ0v) is 9.27. The van der Waals surface area contributed by atoms with E-state index in [1.165, 1.54) is 16.7 Å². The van der Waals surface area contributed by atoms with Gasteiger partial charge in [-0.25, -0.2) is 4.98 Å². The van der Waals surface area contributed by atoms with E-state index >= 15 is 0 Å². The number of nitrogens with zero attached hydrogens (tertiary/aromatic N) is 1. The third-order valence-corrected chi connectivity index (χ3v) is 3.12. The lowest BCUT2D eigenvalue weighted by Crippen LogP contribution is -1.90. The normalized spacial score (nSPS) is 10.4. The van der Waals surface area contributed by atoms with Gasteiger partial charge in [0.15, 0.2) is 0 Å². The standard InChI is InChI=1S/C12H13NS/c1-3-10-5-4-6-11(9(10)2)12-7-14-8-13-12/h4-8H,3H2,1-2H3. The van der Waals surface area contributed by atoms with Gasteiger partial charge in [-0.15, -0.1) is 11.3 Å². The summed E-state index contributed by atoms with van der Waals surface area (Å²) in [6.45, 7) is 4.36. The van der Waals surface area contributed by atoms with Gasteiger partial charge in [0.25, 0.3) is 0 Å². The van der Waals surface area contributed by atoms with E-state index in [0.29, 0.717) is 0 Å². The summed E-state index contributed by atoms with van der Waals surface area (Å²) >= 11 is 1.65. The fraction of sp³-hybridized carbons (Fsp3) is 0.250. The van der Waals surface area contributed by atoms with E-state index in [4.69, 9.17) is 0 Å². The van der Waals surface area contributed by atoms with Crippen LogP contribution in [0, 0.1) is 6.92 Å². The van der Waals surface area contributed by atoms with Crippen molar-refractivity contribution in [2.24, 2.45) is 0 Å². The van der Waals surface area contributed by atoms with Gasteiger partial charge in [0.2, 0.25) is 0 Å². The number of benzene rings is 1. The third-order valence-electron chi connectivity index (χ3n) is 2.54. The van der Waals surface area contributed by atoms with Crippen molar-refractivity contribution in [2.45, 2.75) is 20.3 Å². The lowest BCUT2D eigenvalue weighted by Gasteiger charge is -2.07. The summed E-state index contributed by atoms with van der Waals surface area (Å²) < 4.78 is 0. The molecule has 0 atom stereocenters. The van der Waals surface area contributed by atoms with Gasteiger partial charge >= 0.3 is 0 Å². The minimum absolute atomic E-state index is 1.09. The van der Waals surface area contributed by atoms with Crippen molar-refractivity contribution in [3.05, 3.63) is 40.2 Å². The van der Waals surface area contributed by atoms with E-state index < -0.39 is 0 Å². The smallest absolute Gasteiger partial charge is 0.0813 e. The molecule has 0 bridgehead atoms. The molecule has 0 N–H and O–H groups in total. The number of thiazole rings is 1.